The first-order valence-electron chi connectivity index (χ1n) is 4.66. The SMILES string of the molecule is COC(=O)C(C)c1ccc(CN)c(F)c1. The van der Waals surface area contributed by atoms with Crippen LogP contribution in [0.5, 0.6) is 0 Å². The molecular weight excluding hydrogens is 197 g/mol. The van der Waals surface area contributed by atoms with Crippen molar-refractivity contribution in [1.29, 1.82) is 0 Å². The van der Waals surface area contributed by atoms with Crippen LogP contribution in [0.25, 0.3) is 0 Å². The van der Waals surface area contributed by atoms with Gasteiger partial charge in [0.2, 0.25) is 0 Å². The summed E-state index contributed by atoms with van der Waals surface area (Å²) in [6.45, 7) is 1.82. The first-order chi connectivity index (χ1) is 7.10. The van der Waals surface area contributed by atoms with Crippen molar-refractivity contribution in [2.75, 3.05) is 7.11 Å². The number of hydrogen-bond acceptors (Lipinski definition) is 3. The summed E-state index contributed by atoms with van der Waals surface area (Å²) in [5.41, 5.74) is 6.37. The van der Waals surface area contributed by atoms with Gasteiger partial charge in [0.15, 0.2) is 0 Å². The molecule has 15 heavy (non-hydrogen) atoms. The minimum atomic E-state index is -0.462. The molecule has 0 radical (unpaired) electrons. The van der Waals surface area contributed by atoms with Gasteiger partial charge in [0.05, 0.1) is 13.0 Å². The Balaban J connectivity index is 2.97. The fraction of sp³-hybridized carbons (Fsp3) is 0.364. The van der Waals surface area contributed by atoms with Crippen molar-refractivity contribution in [2.24, 2.45) is 5.73 Å². The molecule has 1 aromatic carbocycles. The van der Waals surface area contributed by atoms with Crippen molar-refractivity contribution in [2.45, 2.75) is 19.4 Å². The lowest BCUT2D eigenvalue weighted by molar-refractivity contribution is -0.141. The van der Waals surface area contributed by atoms with Gasteiger partial charge in [-0.15, -0.1) is 0 Å². The van der Waals surface area contributed by atoms with E-state index in [2.05, 4.69) is 4.74 Å². The second-order valence-corrected chi connectivity index (χ2v) is 3.30. The quantitative estimate of drug-likeness (QED) is 0.772. The van der Waals surface area contributed by atoms with E-state index < -0.39 is 5.92 Å². The molecular formula is C11H14FNO2. The zero-order valence-corrected chi connectivity index (χ0v) is 8.79. The van der Waals surface area contributed by atoms with Crippen LogP contribution in [-0.4, -0.2) is 13.1 Å². The first-order valence-corrected chi connectivity index (χ1v) is 4.66. The van der Waals surface area contributed by atoms with Crippen LogP contribution < -0.4 is 5.73 Å². The molecule has 82 valence electrons. The predicted molar refractivity (Wildman–Crippen MR) is 54.7 cm³/mol. The highest BCUT2D eigenvalue weighted by Crippen LogP contribution is 2.19. The van der Waals surface area contributed by atoms with Gasteiger partial charge < -0.3 is 10.5 Å². The molecule has 0 saturated carbocycles. The Morgan fingerprint density at radius 2 is 2.27 bits per heavy atom. The topological polar surface area (TPSA) is 52.3 Å². The number of halogens is 1. The van der Waals surface area contributed by atoms with Crippen molar-refractivity contribution in [3.05, 3.63) is 35.1 Å². The Labute approximate surface area is 88.0 Å². The van der Waals surface area contributed by atoms with Crippen LogP contribution in [0.2, 0.25) is 0 Å². The standard InChI is InChI=1S/C11H14FNO2/c1-7(11(14)15-2)8-3-4-9(6-13)10(12)5-8/h3-5,7H,6,13H2,1-2H3. The fourth-order valence-electron chi connectivity index (χ4n) is 1.31. The van der Waals surface area contributed by atoms with Crippen molar-refractivity contribution >= 4 is 5.97 Å². The summed E-state index contributed by atoms with van der Waals surface area (Å²) in [4.78, 5) is 11.2. The van der Waals surface area contributed by atoms with Crippen LogP contribution in [0.3, 0.4) is 0 Å². The van der Waals surface area contributed by atoms with Crippen molar-refractivity contribution in [3.8, 4) is 0 Å². The lowest BCUT2D eigenvalue weighted by Crippen LogP contribution is -2.11. The summed E-state index contributed by atoms with van der Waals surface area (Å²) < 4.78 is 17.9. The van der Waals surface area contributed by atoms with Crippen molar-refractivity contribution < 1.29 is 13.9 Å². The van der Waals surface area contributed by atoms with E-state index in [4.69, 9.17) is 5.73 Å². The maximum atomic E-state index is 13.3. The van der Waals surface area contributed by atoms with E-state index in [1.54, 1.807) is 19.1 Å². The smallest absolute Gasteiger partial charge is 0.312 e. The number of hydrogen-bond donors (Lipinski definition) is 1. The molecule has 0 bridgehead atoms. The van der Waals surface area contributed by atoms with Crippen LogP contribution in [-0.2, 0) is 16.1 Å². The van der Waals surface area contributed by atoms with Gasteiger partial charge in [-0.3, -0.25) is 4.79 Å². The molecule has 4 heteroatoms. The molecule has 0 aromatic heterocycles. The summed E-state index contributed by atoms with van der Waals surface area (Å²) in [5.74, 6) is -1.23. The fourth-order valence-corrected chi connectivity index (χ4v) is 1.31. The number of benzene rings is 1. The molecule has 1 unspecified atom stereocenters. The molecule has 0 aliphatic heterocycles. The van der Waals surface area contributed by atoms with Crippen molar-refractivity contribution in [3.63, 3.8) is 0 Å². The molecule has 0 aliphatic carbocycles. The highest BCUT2D eigenvalue weighted by molar-refractivity contribution is 5.77. The Bertz CT molecular complexity index is 366. The van der Waals surface area contributed by atoms with Gasteiger partial charge in [-0.05, 0) is 18.6 Å². The maximum absolute atomic E-state index is 13.3. The van der Waals surface area contributed by atoms with Gasteiger partial charge in [0.1, 0.15) is 5.82 Å². The molecule has 0 fully saturated rings. The van der Waals surface area contributed by atoms with E-state index >= 15 is 0 Å². The third-order valence-electron chi connectivity index (χ3n) is 2.35. The van der Waals surface area contributed by atoms with Crippen LogP contribution in [0.1, 0.15) is 24.0 Å². The monoisotopic (exact) mass is 211 g/mol. The summed E-state index contributed by atoms with van der Waals surface area (Å²) in [6, 6.07) is 4.60. The molecule has 0 aliphatic rings. The number of nitrogens with two attached hydrogens (primary N) is 1. The molecule has 3 nitrogen and oxygen atoms in total. The third-order valence-corrected chi connectivity index (χ3v) is 2.35. The minimum Gasteiger partial charge on any atom is -0.469 e. The zero-order valence-electron chi connectivity index (χ0n) is 8.79. The van der Waals surface area contributed by atoms with Crippen LogP contribution in [0.4, 0.5) is 4.39 Å². The highest BCUT2D eigenvalue weighted by atomic mass is 19.1. The van der Waals surface area contributed by atoms with E-state index in [9.17, 15) is 9.18 Å². The molecule has 1 atom stereocenters. The normalized spacial score (nSPS) is 12.3. The Morgan fingerprint density at radius 3 is 2.73 bits per heavy atom. The number of ether oxygens (including phenoxy) is 1. The number of methoxy groups -OCH3 is 1. The Kier molecular flexibility index (Phi) is 3.80. The van der Waals surface area contributed by atoms with Gasteiger partial charge in [-0.2, -0.15) is 0 Å². The summed E-state index contributed by atoms with van der Waals surface area (Å²) >= 11 is 0. The summed E-state index contributed by atoms with van der Waals surface area (Å²) in [6.07, 6.45) is 0. The van der Waals surface area contributed by atoms with E-state index in [1.807, 2.05) is 0 Å². The van der Waals surface area contributed by atoms with E-state index in [-0.39, 0.29) is 18.3 Å². The number of carbonyl (C=O) groups is 1. The molecule has 1 rings (SSSR count). The largest absolute Gasteiger partial charge is 0.469 e. The third kappa shape index (κ3) is 2.53. The van der Waals surface area contributed by atoms with Crippen molar-refractivity contribution in [1.82, 2.24) is 0 Å². The van der Waals surface area contributed by atoms with Gasteiger partial charge in [-0.1, -0.05) is 12.1 Å². The van der Waals surface area contributed by atoms with Gasteiger partial charge >= 0.3 is 5.97 Å². The Morgan fingerprint density at radius 1 is 1.60 bits per heavy atom. The van der Waals surface area contributed by atoms with Gasteiger partial charge in [-0.25, -0.2) is 4.39 Å². The molecule has 0 saturated heterocycles. The van der Waals surface area contributed by atoms with Crippen LogP contribution in [0, 0.1) is 5.82 Å². The van der Waals surface area contributed by atoms with Gasteiger partial charge in [0, 0.05) is 12.1 Å². The summed E-state index contributed by atoms with van der Waals surface area (Å²) in [5, 5.41) is 0. The second kappa shape index (κ2) is 4.89. The minimum absolute atomic E-state index is 0.152. The number of carbonyl (C=O) groups excluding carboxylic acids is 1. The molecule has 0 heterocycles. The Hall–Kier alpha value is -1.42. The molecule has 2 N–H and O–H groups in total. The number of esters is 1. The maximum Gasteiger partial charge on any atom is 0.312 e. The van der Waals surface area contributed by atoms with E-state index in [1.165, 1.54) is 13.2 Å². The van der Waals surface area contributed by atoms with E-state index in [0.29, 0.717) is 11.1 Å². The summed E-state index contributed by atoms with van der Waals surface area (Å²) in [7, 11) is 1.31. The average Bonchev–Trinajstić information content (AvgIpc) is 2.26. The van der Waals surface area contributed by atoms with Crippen LogP contribution >= 0.6 is 0 Å². The molecule has 0 spiro atoms. The average molecular weight is 211 g/mol. The van der Waals surface area contributed by atoms with Gasteiger partial charge in [0.25, 0.3) is 0 Å². The number of rotatable bonds is 3. The molecule has 0 amide bonds. The predicted octanol–water partition coefficient (Wildman–Crippen LogP) is 1.56. The van der Waals surface area contributed by atoms with Crippen LogP contribution in [0.15, 0.2) is 18.2 Å². The second-order valence-electron chi connectivity index (χ2n) is 3.30. The van der Waals surface area contributed by atoms with E-state index in [0.717, 1.165) is 0 Å². The highest BCUT2D eigenvalue weighted by Gasteiger charge is 2.16. The first kappa shape index (κ1) is 11.7. The molecule has 1 aromatic rings. The lowest BCUT2D eigenvalue weighted by Gasteiger charge is -2.10. The zero-order chi connectivity index (χ0) is 11.4. The lowest BCUT2D eigenvalue weighted by atomic mass is 9.99.